The Morgan fingerprint density at radius 1 is 1.31 bits per heavy atom. The molecule has 3 aromatic rings. The number of rotatable bonds is 6. The van der Waals surface area contributed by atoms with Crippen molar-refractivity contribution in [3.8, 4) is 28.4 Å². The fraction of sp³-hybridized carbons (Fsp3) is 0.360. The van der Waals surface area contributed by atoms with Gasteiger partial charge in [-0.15, -0.1) is 0 Å². The monoisotopic (exact) mass is 513 g/mol. The summed E-state index contributed by atoms with van der Waals surface area (Å²) in [5.41, 5.74) is 5.32. The second-order valence-electron chi connectivity index (χ2n) is 9.02. The lowest BCUT2D eigenvalue weighted by molar-refractivity contribution is -0.464. The van der Waals surface area contributed by atoms with Gasteiger partial charge in [0.1, 0.15) is 18.1 Å². The second kappa shape index (κ2) is 9.34. The topological polar surface area (TPSA) is 127 Å². The summed E-state index contributed by atoms with van der Waals surface area (Å²) in [6, 6.07) is 5.78. The van der Waals surface area contributed by atoms with E-state index in [9.17, 15) is 4.79 Å². The highest BCUT2D eigenvalue weighted by Crippen LogP contribution is 2.44. The Morgan fingerprint density at radius 2 is 2.11 bits per heavy atom. The Bertz CT molecular complexity index is 1320. The van der Waals surface area contributed by atoms with Crippen molar-refractivity contribution in [3.63, 3.8) is 0 Å². The van der Waals surface area contributed by atoms with Crippen LogP contribution in [0.15, 0.2) is 34.5 Å². The van der Waals surface area contributed by atoms with Crippen molar-refractivity contribution in [1.82, 2.24) is 14.7 Å². The van der Waals surface area contributed by atoms with E-state index in [1.807, 2.05) is 48.9 Å². The number of likely N-dealkylation sites (tertiary alicyclic amines) is 1. The highest BCUT2D eigenvalue weighted by molar-refractivity contribution is 7.08. The molecule has 2 aromatic heterocycles. The first kappa shape index (κ1) is 24.5. The lowest BCUT2D eigenvalue weighted by atomic mass is 9.98. The van der Waals surface area contributed by atoms with Gasteiger partial charge in [-0.05, 0) is 37.8 Å². The summed E-state index contributed by atoms with van der Waals surface area (Å²) in [7, 11) is 1.62. The average molecular weight is 514 g/mol. The number of allylic oxidation sites excluding steroid dienone is 1. The maximum absolute atomic E-state index is 13.6. The molecule has 1 aromatic carbocycles. The summed E-state index contributed by atoms with van der Waals surface area (Å²) >= 11 is 1.53. The van der Waals surface area contributed by atoms with Gasteiger partial charge >= 0.3 is 6.16 Å². The van der Waals surface area contributed by atoms with Gasteiger partial charge in [0.25, 0.3) is 5.91 Å². The lowest BCUT2D eigenvalue weighted by Gasteiger charge is -2.22. The van der Waals surface area contributed by atoms with Gasteiger partial charge in [-0.3, -0.25) is 9.53 Å². The number of amides is 1. The zero-order valence-corrected chi connectivity index (χ0v) is 20.9. The van der Waals surface area contributed by atoms with Gasteiger partial charge in [0.05, 0.1) is 24.6 Å². The molecule has 1 saturated heterocycles. The summed E-state index contributed by atoms with van der Waals surface area (Å²) in [6.07, 6.45) is -1.60. The molecule has 0 saturated carbocycles. The normalized spacial score (nSPS) is 16.8. The second-order valence-corrected chi connectivity index (χ2v) is 9.80. The van der Waals surface area contributed by atoms with E-state index in [1.54, 1.807) is 11.8 Å². The molecule has 0 spiro atoms. The third kappa shape index (κ3) is 4.63. The summed E-state index contributed by atoms with van der Waals surface area (Å²) in [4.78, 5) is 15.1. The molecule has 0 bridgehead atoms. The number of carbonyl (C=O) groups excluding carboxylic acids is 1. The number of nitrogens with zero attached hydrogens (tertiary/aromatic N) is 3. The van der Waals surface area contributed by atoms with Gasteiger partial charge in [-0.1, -0.05) is 11.6 Å². The summed E-state index contributed by atoms with van der Waals surface area (Å²) < 4.78 is 18.2. The third-order valence-electron chi connectivity index (χ3n) is 6.10. The van der Waals surface area contributed by atoms with Crippen molar-refractivity contribution >= 4 is 23.3 Å². The Balaban J connectivity index is 1.59. The van der Waals surface area contributed by atoms with Crippen molar-refractivity contribution in [2.24, 2.45) is 0 Å². The van der Waals surface area contributed by atoms with E-state index >= 15 is 0 Å². The molecule has 36 heavy (non-hydrogen) atoms. The first-order chi connectivity index (χ1) is 17.1. The first-order valence-corrected chi connectivity index (χ1v) is 12.4. The predicted octanol–water partition coefficient (Wildman–Crippen LogP) is 2.74. The summed E-state index contributed by atoms with van der Waals surface area (Å²) in [5, 5.41) is 36.0. The minimum absolute atomic E-state index is 0.0850. The number of aromatic nitrogens is 2. The number of ether oxygens (including phenoxy) is 3. The van der Waals surface area contributed by atoms with Crippen LogP contribution in [0, 0.1) is 0 Å². The number of hydrogen-bond donors (Lipinski definition) is 3. The van der Waals surface area contributed by atoms with Crippen LogP contribution in [-0.2, 0) is 11.3 Å². The summed E-state index contributed by atoms with van der Waals surface area (Å²) in [6.45, 7) is 4.57. The van der Waals surface area contributed by atoms with E-state index in [1.165, 1.54) is 16.2 Å². The average Bonchev–Trinajstić information content (AvgIpc) is 3.56. The SMILES string of the molecule is COc1cc2c(cc1C=C(C)C)-c1c(c(C(=O)N3CCC(OC(O)(O)O)C3)nn1-c1ccsc1)CO2. The molecule has 5 rings (SSSR count). The third-order valence-corrected chi connectivity index (χ3v) is 6.77. The van der Waals surface area contributed by atoms with Crippen molar-refractivity contribution in [2.45, 2.75) is 39.1 Å². The van der Waals surface area contributed by atoms with Crippen LogP contribution in [0.3, 0.4) is 0 Å². The molecule has 3 N–H and O–H groups in total. The Kier molecular flexibility index (Phi) is 6.35. The molecule has 4 heterocycles. The lowest BCUT2D eigenvalue weighted by Crippen LogP contribution is -2.38. The quantitative estimate of drug-likeness (QED) is 0.430. The highest BCUT2D eigenvalue weighted by Gasteiger charge is 2.37. The molecule has 2 aliphatic rings. The fourth-order valence-corrected chi connectivity index (χ4v) is 5.23. The van der Waals surface area contributed by atoms with Crippen LogP contribution < -0.4 is 9.47 Å². The first-order valence-electron chi connectivity index (χ1n) is 11.4. The Labute approximate surface area is 211 Å². The molecule has 1 unspecified atom stereocenters. The number of aliphatic hydroxyl groups is 3. The molecule has 1 amide bonds. The molecule has 190 valence electrons. The molecule has 1 fully saturated rings. The van der Waals surface area contributed by atoms with Crippen molar-refractivity contribution in [3.05, 3.63) is 51.4 Å². The smallest absolute Gasteiger partial charge is 0.405 e. The highest BCUT2D eigenvalue weighted by atomic mass is 32.1. The van der Waals surface area contributed by atoms with Crippen molar-refractivity contribution < 1.29 is 34.3 Å². The van der Waals surface area contributed by atoms with Crippen LogP contribution in [-0.4, -0.2) is 68.4 Å². The number of carbonyl (C=O) groups is 1. The molecular weight excluding hydrogens is 486 g/mol. The van der Waals surface area contributed by atoms with Gasteiger partial charge in [0.15, 0.2) is 5.69 Å². The van der Waals surface area contributed by atoms with Crippen LogP contribution in [0.4, 0.5) is 0 Å². The number of benzene rings is 1. The maximum atomic E-state index is 13.6. The molecule has 10 nitrogen and oxygen atoms in total. The standard InChI is InChI=1S/C25H27N3O7S/c1-14(2)8-15-9-18-21(10-20(15)33-3)34-12-19-22(26-28(23(18)19)16-5-7-36-13-16)24(29)27-6-4-17(11-27)35-25(30,31)32/h5,7-10,13,17,30-32H,4,6,11-12H2,1-3H3. The molecule has 0 radical (unpaired) electrons. The van der Waals surface area contributed by atoms with E-state index in [2.05, 4.69) is 0 Å². The summed E-state index contributed by atoms with van der Waals surface area (Å²) in [5.74, 6) is 1.00. The zero-order chi connectivity index (χ0) is 25.6. The zero-order valence-electron chi connectivity index (χ0n) is 20.1. The maximum Gasteiger partial charge on any atom is 0.405 e. The van der Waals surface area contributed by atoms with E-state index < -0.39 is 12.3 Å². The van der Waals surface area contributed by atoms with E-state index in [0.29, 0.717) is 30.0 Å². The number of hydrogen-bond acceptors (Lipinski definition) is 9. The largest absolute Gasteiger partial charge is 0.496 e. The van der Waals surface area contributed by atoms with Crippen LogP contribution in [0.5, 0.6) is 11.5 Å². The fourth-order valence-electron chi connectivity index (χ4n) is 4.62. The van der Waals surface area contributed by atoms with Gasteiger partial charge in [-0.2, -0.15) is 16.4 Å². The minimum Gasteiger partial charge on any atom is -0.496 e. The van der Waals surface area contributed by atoms with Gasteiger partial charge in [0, 0.05) is 41.2 Å². The molecule has 0 aliphatic carbocycles. The van der Waals surface area contributed by atoms with Crippen LogP contribution in [0.2, 0.25) is 0 Å². The molecule has 2 aliphatic heterocycles. The van der Waals surface area contributed by atoms with E-state index in [0.717, 1.165) is 28.1 Å². The number of thiophene rings is 1. The number of methoxy groups -OCH3 is 1. The molecule has 1 atom stereocenters. The van der Waals surface area contributed by atoms with E-state index in [-0.39, 0.29) is 24.8 Å². The Hall–Kier alpha value is -3.22. The number of fused-ring (bicyclic) bond motifs is 3. The van der Waals surface area contributed by atoms with Gasteiger partial charge in [0.2, 0.25) is 0 Å². The van der Waals surface area contributed by atoms with Gasteiger partial charge in [-0.25, -0.2) is 4.68 Å². The predicted molar refractivity (Wildman–Crippen MR) is 132 cm³/mol. The van der Waals surface area contributed by atoms with E-state index in [4.69, 9.17) is 34.6 Å². The van der Waals surface area contributed by atoms with Gasteiger partial charge < -0.3 is 29.7 Å². The van der Waals surface area contributed by atoms with Crippen LogP contribution in [0.25, 0.3) is 23.0 Å². The van der Waals surface area contributed by atoms with Crippen LogP contribution >= 0.6 is 11.3 Å². The van der Waals surface area contributed by atoms with Crippen molar-refractivity contribution in [1.29, 1.82) is 0 Å². The van der Waals surface area contributed by atoms with Crippen LogP contribution in [0.1, 0.15) is 41.9 Å². The molecule has 11 heteroatoms. The minimum atomic E-state index is -3.25. The Morgan fingerprint density at radius 3 is 2.78 bits per heavy atom. The van der Waals surface area contributed by atoms with Crippen molar-refractivity contribution in [2.75, 3.05) is 20.2 Å². The molecular formula is C25H27N3O7S.